The Hall–Kier alpha value is -2.06. The summed E-state index contributed by atoms with van der Waals surface area (Å²) in [7, 11) is 0. The summed E-state index contributed by atoms with van der Waals surface area (Å²) in [5, 5.41) is 21.2. The van der Waals surface area contributed by atoms with Gasteiger partial charge in [0.15, 0.2) is 0 Å². The number of rotatable bonds is 2. The van der Waals surface area contributed by atoms with E-state index in [0.29, 0.717) is 29.4 Å². The number of hydrogen-bond donors (Lipinski definition) is 2. The van der Waals surface area contributed by atoms with Crippen molar-refractivity contribution in [3.8, 4) is 5.75 Å². The first-order valence-electron chi connectivity index (χ1n) is 11.1. The summed E-state index contributed by atoms with van der Waals surface area (Å²) in [6.45, 7) is 8.83. The highest BCUT2D eigenvalue weighted by molar-refractivity contribution is 5.43. The second-order valence-corrected chi connectivity index (χ2v) is 10.2. The number of benzene rings is 2. The maximum Gasteiger partial charge on any atom is 0.115 e. The highest BCUT2D eigenvalue weighted by atomic mass is 16.3. The Morgan fingerprint density at radius 1 is 1.10 bits per heavy atom. The SMILES string of the molecule is C=C(C)[C@H]1[C@H]2[C@H]3[C@H](CC[C@]2(C)C[C@@H]1O)c1ccc(O)cc1C[C@H]3c1ccccc1. The van der Waals surface area contributed by atoms with Crippen molar-refractivity contribution >= 4 is 0 Å². The monoisotopic (exact) mass is 388 g/mol. The zero-order valence-electron chi connectivity index (χ0n) is 17.5. The minimum atomic E-state index is -0.279. The van der Waals surface area contributed by atoms with Gasteiger partial charge in [-0.3, -0.25) is 0 Å². The molecular formula is C27H32O2. The lowest BCUT2D eigenvalue weighted by Crippen LogP contribution is -2.45. The summed E-state index contributed by atoms with van der Waals surface area (Å²) in [4.78, 5) is 0. The van der Waals surface area contributed by atoms with Gasteiger partial charge >= 0.3 is 0 Å². The number of fused-ring (bicyclic) bond motifs is 5. The van der Waals surface area contributed by atoms with Gasteiger partial charge in [-0.15, -0.1) is 0 Å². The van der Waals surface area contributed by atoms with Crippen LogP contribution in [0.5, 0.6) is 5.75 Å². The second-order valence-electron chi connectivity index (χ2n) is 10.2. The molecule has 3 aliphatic carbocycles. The van der Waals surface area contributed by atoms with Gasteiger partial charge in [0.05, 0.1) is 6.10 Å². The Morgan fingerprint density at radius 2 is 1.86 bits per heavy atom. The molecule has 7 atom stereocenters. The normalized spacial score (nSPS) is 38.0. The molecule has 2 fully saturated rings. The molecule has 2 aromatic carbocycles. The van der Waals surface area contributed by atoms with Crippen LogP contribution in [0.25, 0.3) is 0 Å². The van der Waals surface area contributed by atoms with Crippen LogP contribution in [0.15, 0.2) is 60.7 Å². The van der Waals surface area contributed by atoms with E-state index in [1.165, 1.54) is 16.7 Å². The number of aliphatic hydroxyl groups excluding tert-OH is 1. The first-order chi connectivity index (χ1) is 13.9. The van der Waals surface area contributed by atoms with Crippen LogP contribution >= 0.6 is 0 Å². The van der Waals surface area contributed by atoms with Crippen molar-refractivity contribution in [2.75, 3.05) is 0 Å². The third-order valence-electron chi connectivity index (χ3n) is 8.41. The summed E-state index contributed by atoms with van der Waals surface area (Å²) in [5.41, 5.74) is 5.42. The molecule has 0 heterocycles. The van der Waals surface area contributed by atoms with Crippen LogP contribution in [-0.2, 0) is 6.42 Å². The van der Waals surface area contributed by atoms with Gasteiger partial charge in [-0.2, -0.15) is 0 Å². The van der Waals surface area contributed by atoms with Gasteiger partial charge < -0.3 is 10.2 Å². The molecule has 152 valence electrons. The van der Waals surface area contributed by atoms with Gasteiger partial charge in [-0.1, -0.05) is 55.5 Å². The third-order valence-corrected chi connectivity index (χ3v) is 8.41. The van der Waals surface area contributed by atoms with Crippen LogP contribution < -0.4 is 0 Å². The van der Waals surface area contributed by atoms with Crippen molar-refractivity contribution in [3.05, 3.63) is 77.4 Å². The summed E-state index contributed by atoms with van der Waals surface area (Å²) < 4.78 is 0. The van der Waals surface area contributed by atoms with Crippen LogP contribution in [0.3, 0.4) is 0 Å². The van der Waals surface area contributed by atoms with E-state index in [9.17, 15) is 10.2 Å². The largest absolute Gasteiger partial charge is 0.508 e. The van der Waals surface area contributed by atoms with E-state index < -0.39 is 0 Å². The van der Waals surface area contributed by atoms with Gasteiger partial charge in [0.25, 0.3) is 0 Å². The van der Waals surface area contributed by atoms with E-state index in [0.717, 1.165) is 31.3 Å². The first kappa shape index (κ1) is 18.9. The molecule has 2 nitrogen and oxygen atoms in total. The molecule has 3 aliphatic rings. The molecule has 0 spiro atoms. The quantitative estimate of drug-likeness (QED) is 0.638. The third kappa shape index (κ3) is 2.87. The van der Waals surface area contributed by atoms with E-state index in [2.05, 4.69) is 56.8 Å². The minimum Gasteiger partial charge on any atom is -0.508 e. The van der Waals surface area contributed by atoms with Crippen molar-refractivity contribution in [2.24, 2.45) is 23.2 Å². The van der Waals surface area contributed by atoms with E-state index >= 15 is 0 Å². The lowest BCUT2D eigenvalue weighted by molar-refractivity contribution is 0.0280. The van der Waals surface area contributed by atoms with Crippen LogP contribution in [0.2, 0.25) is 0 Å². The van der Waals surface area contributed by atoms with Crippen molar-refractivity contribution in [1.82, 2.24) is 0 Å². The standard InChI is InChI=1S/C27H32O2/c1-16(2)24-23(29)15-27(3)12-11-21-20-10-9-19(28)13-18(20)14-22(25(21)26(24)27)17-7-5-4-6-8-17/h4-10,13,21-26,28-29H,1,11-12,14-15H2,2-3H3/t21-,22+,23+,24-,25+,26+,27-/m1/s1. The number of aromatic hydroxyl groups is 1. The molecule has 0 aliphatic heterocycles. The zero-order valence-corrected chi connectivity index (χ0v) is 17.5. The minimum absolute atomic E-state index is 0.172. The summed E-state index contributed by atoms with van der Waals surface area (Å²) in [5.74, 6) is 2.37. The number of phenolic OH excluding ortho intramolecular Hbond substituents is 1. The van der Waals surface area contributed by atoms with Crippen LogP contribution in [0.4, 0.5) is 0 Å². The molecule has 0 unspecified atom stereocenters. The van der Waals surface area contributed by atoms with E-state index in [1.54, 1.807) is 0 Å². The molecule has 0 saturated heterocycles. The Morgan fingerprint density at radius 3 is 2.59 bits per heavy atom. The van der Waals surface area contributed by atoms with E-state index in [4.69, 9.17) is 0 Å². The lowest BCUT2D eigenvalue weighted by Gasteiger charge is -2.54. The molecule has 0 amide bonds. The predicted octanol–water partition coefficient (Wildman–Crippen LogP) is 5.81. The molecule has 0 radical (unpaired) electrons. The Bertz CT molecular complexity index is 933. The van der Waals surface area contributed by atoms with E-state index in [1.807, 2.05) is 12.1 Å². The molecule has 2 saturated carbocycles. The Kier molecular flexibility index (Phi) is 4.40. The predicted molar refractivity (Wildman–Crippen MR) is 117 cm³/mol. The van der Waals surface area contributed by atoms with Gasteiger partial charge in [0.2, 0.25) is 0 Å². The number of hydrogen-bond acceptors (Lipinski definition) is 2. The maximum atomic E-state index is 11.0. The van der Waals surface area contributed by atoms with Crippen LogP contribution in [-0.4, -0.2) is 16.3 Å². The molecular weight excluding hydrogens is 356 g/mol. The van der Waals surface area contributed by atoms with E-state index in [-0.39, 0.29) is 17.4 Å². The molecule has 2 heteroatoms. The summed E-state index contributed by atoms with van der Waals surface area (Å²) >= 11 is 0. The van der Waals surface area contributed by atoms with Crippen LogP contribution in [0.1, 0.15) is 61.6 Å². The highest BCUT2D eigenvalue weighted by Gasteiger charge is 2.59. The number of aliphatic hydroxyl groups is 1. The smallest absolute Gasteiger partial charge is 0.115 e. The fourth-order valence-corrected chi connectivity index (χ4v) is 7.39. The fraction of sp³-hybridized carbons (Fsp3) is 0.481. The lowest BCUT2D eigenvalue weighted by atomic mass is 9.50. The summed E-state index contributed by atoms with van der Waals surface area (Å²) in [6.07, 6.45) is 3.89. The topological polar surface area (TPSA) is 40.5 Å². The molecule has 5 rings (SSSR count). The van der Waals surface area contributed by atoms with Crippen molar-refractivity contribution in [3.63, 3.8) is 0 Å². The molecule has 0 bridgehead atoms. The van der Waals surface area contributed by atoms with Crippen molar-refractivity contribution < 1.29 is 10.2 Å². The highest BCUT2D eigenvalue weighted by Crippen LogP contribution is 2.66. The van der Waals surface area contributed by atoms with Gasteiger partial charge in [-0.25, -0.2) is 0 Å². The van der Waals surface area contributed by atoms with Gasteiger partial charge in [-0.05, 0) is 90.5 Å². The average Bonchev–Trinajstić information content (AvgIpc) is 2.97. The summed E-state index contributed by atoms with van der Waals surface area (Å²) in [6, 6.07) is 16.9. The van der Waals surface area contributed by atoms with Gasteiger partial charge in [0.1, 0.15) is 5.75 Å². The van der Waals surface area contributed by atoms with Crippen molar-refractivity contribution in [2.45, 2.75) is 57.5 Å². The van der Waals surface area contributed by atoms with Crippen LogP contribution in [0, 0.1) is 23.2 Å². The molecule has 2 N–H and O–H groups in total. The van der Waals surface area contributed by atoms with Crippen molar-refractivity contribution in [1.29, 1.82) is 0 Å². The Balaban J connectivity index is 1.68. The Labute approximate surface area is 174 Å². The number of phenols is 1. The molecule has 2 aromatic rings. The molecule has 29 heavy (non-hydrogen) atoms. The first-order valence-corrected chi connectivity index (χ1v) is 11.1. The molecule has 0 aromatic heterocycles. The second kappa shape index (κ2) is 6.74. The maximum absolute atomic E-state index is 11.0. The average molecular weight is 389 g/mol. The fourth-order valence-electron chi connectivity index (χ4n) is 7.39. The van der Waals surface area contributed by atoms with Gasteiger partial charge in [0, 0.05) is 5.92 Å². The zero-order chi connectivity index (χ0) is 20.3.